The van der Waals surface area contributed by atoms with Crippen LogP contribution in [0.25, 0.3) is 0 Å². The van der Waals surface area contributed by atoms with Gasteiger partial charge in [-0.3, -0.25) is 0 Å². The van der Waals surface area contributed by atoms with Crippen molar-refractivity contribution in [2.75, 3.05) is 0 Å². The van der Waals surface area contributed by atoms with Crippen LogP contribution >= 0.6 is 34.8 Å². The molecule has 1 aromatic carbocycles. The lowest BCUT2D eigenvalue weighted by Crippen LogP contribution is -2.38. The third kappa shape index (κ3) is 3.75. The number of rotatable bonds is 3. The van der Waals surface area contributed by atoms with E-state index < -0.39 is 0 Å². The Morgan fingerprint density at radius 2 is 1.94 bits per heavy atom. The Bertz CT molecular complexity index is 381. The van der Waals surface area contributed by atoms with Crippen LogP contribution in [0.15, 0.2) is 18.2 Å². The van der Waals surface area contributed by atoms with Crippen molar-refractivity contribution in [3.63, 3.8) is 0 Å². The molecule has 0 bridgehead atoms. The number of nitrogens with one attached hydrogen (secondary N) is 1. The minimum atomic E-state index is 0.245. The molecule has 17 heavy (non-hydrogen) atoms. The molecule has 1 N–H and O–H groups in total. The van der Waals surface area contributed by atoms with Gasteiger partial charge in [0.25, 0.3) is 0 Å². The third-order valence-electron chi connectivity index (χ3n) is 3.25. The largest absolute Gasteiger partial charge is 0.308 e. The Morgan fingerprint density at radius 3 is 2.65 bits per heavy atom. The monoisotopic (exact) mass is 291 g/mol. The smallest absolute Gasteiger partial charge is 0.0489 e. The maximum absolute atomic E-state index is 6.30. The minimum absolute atomic E-state index is 0.245. The summed E-state index contributed by atoms with van der Waals surface area (Å²) in [7, 11) is 0. The average Bonchev–Trinajstić information content (AvgIpc) is 2.30. The molecule has 0 radical (unpaired) electrons. The molecule has 1 nitrogen and oxygen atoms in total. The molecule has 2 unspecified atom stereocenters. The minimum Gasteiger partial charge on any atom is -0.308 e. The zero-order chi connectivity index (χ0) is 12.3. The zero-order valence-electron chi connectivity index (χ0n) is 9.56. The van der Waals surface area contributed by atoms with Crippen LogP contribution in [-0.2, 0) is 6.54 Å². The molecule has 0 aromatic heterocycles. The van der Waals surface area contributed by atoms with Gasteiger partial charge in [0, 0.05) is 28.0 Å². The predicted octanol–water partition coefficient (Wildman–Crippen LogP) is 4.63. The summed E-state index contributed by atoms with van der Waals surface area (Å²) in [5.41, 5.74) is 1.07. The Balaban J connectivity index is 1.92. The van der Waals surface area contributed by atoms with Crippen molar-refractivity contribution in [2.24, 2.45) is 0 Å². The van der Waals surface area contributed by atoms with Gasteiger partial charge in [-0.25, -0.2) is 0 Å². The number of alkyl halides is 1. The first-order valence-electron chi connectivity index (χ1n) is 5.98. The lowest BCUT2D eigenvalue weighted by Gasteiger charge is -2.28. The summed E-state index contributed by atoms with van der Waals surface area (Å²) in [5.74, 6) is 0. The van der Waals surface area contributed by atoms with Crippen molar-refractivity contribution in [1.29, 1.82) is 0 Å². The molecule has 0 spiro atoms. The second-order valence-electron chi connectivity index (χ2n) is 4.52. The van der Waals surface area contributed by atoms with E-state index in [4.69, 9.17) is 34.8 Å². The third-order valence-corrected chi connectivity index (χ3v) is 4.36. The highest BCUT2D eigenvalue weighted by atomic mass is 35.5. The van der Waals surface area contributed by atoms with Crippen LogP contribution in [0.3, 0.4) is 0 Å². The van der Waals surface area contributed by atoms with Crippen LogP contribution in [-0.4, -0.2) is 11.4 Å². The quantitative estimate of drug-likeness (QED) is 0.801. The summed E-state index contributed by atoms with van der Waals surface area (Å²) in [6.07, 6.45) is 4.76. The molecule has 1 aliphatic carbocycles. The topological polar surface area (TPSA) is 12.0 Å². The van der Waals surface area contributed by atoms with Gasteiger partial charge in [-0.05, 0) is 30.5 Å². The summed E-state index contributed by atoms with van der Waals surface area (Å²) in [6.45, 7) is 0.754. The van der Waals surface area contributed by atoms with Crippen molar-refractivity contribution in [3.05, 3.63) is 33.8 Å². The normalized spacial score (nSPS) is 24.9. The fraction of sp³-hybridized carbons (Fsp3) is 0.538. The Kier molecular flexibility index (Phi) is 4.98. The van der Waals surface area contributed by atoms with Gasteiger partial charge in [-0.1, -0.05) is 42.1 Å². The van der Waals surface area contributed by atoms with Gasteiger partial charge in [0.1, 0.15) is 0 Å². The van der Waals surface area contributed by atoms with Gasteiger partial charge in [0.05, 0.1) is 0 Å². The molecular formula is C13H16Cl3N. The Labute approximate surface area is 117 Å². The van der Waals surface area contributed by atoms with Gasteiger partial charge in [0.15, 0.2) is 0 Å². The van der Waals surface area contributed by atoms with Gasteiger partial charge in [-0.2, -0.15) is 0 Å². The first-order chi connectivity index (χ1) is 8.16. The molecule has 1 fully saturated rings. The van der Waals surface area contributed by atoms with Gasteiger partial charge >= 0.3 is 0 Å². The van der Waals surface area contributed by atoms with Crippen molar-refractivity contribution in [3.8, 4) is 0 Å². The van der Waals surface area contributed by atoms with Crippen LogP contribution in [0.2, 0.25) is 10.0 Å². The summed E-state index contributed by atoms with van der Waals surface area (Å²) in [6, 6.07) is 6.00. The summed E-state index contributed by atoms with van der Waals surface area (Å²) in [5, 5.41) is 5.12. The Morgan fingerprint density at radius 1 is 1.18 bits per heavy atom. The van der Waals surface area contributed by atoms with E-state index in [1.807, 2.05) is 12.1 Å². The average molecular weight is 293 g/mol. The van der Waals surface area contributed by atoms with Gasteiger partial charge in [-0.15, -0.1) is 11.6 Å². The fourth-order valence-corrected chi connectivity index (χ4v) is 3.07. The SMILES string of the molecule is Clc1ccc(CNC2CCCCC2Cl)c(Cl)c1. The van der Waals surface area contributed by atoms with Crippen molar-refractivity contribution in [2.45, 2.75) is 43.6 Å². The molecule has 0 amide bonds. The van der Waals surface area contributed by atoms with Crippen molar-refractivity contribution >= 4 is 34.8 Å². The van der Waals surface area contributed by atoms with E-state index in [1.54, 1.807) is 6.07 Å². The fourth-order valence-electron chi connectivity index (χ4n) is 2.22. The highest BCUT2D eigenvalue weighted by molar-refractivity contribution is 6.35. The number of benzene rings is 1. The Hall–Kier alpha value is 0.0500. The molecular weight excluding hydrogens is 277 g/mol. The van der Waals surface area contributed by atoms with E-state index in [2.05, 4.69) is 5.32 Å². The molecule has 2 atom stereocenters. The molecule has 0 heterocycles. The highest BCUT2D eigenvalue weighted by Gasteiger charge is 2.22. The van der Waals surface area contributed by atoms with Crippen molar-refractivity contribution in [1.82, 2.24) is 5.32 Å². The van der Waals surface area contributed by atoms with Crippen LogP contribution in [0.1, 0.15) is 31.2 Å². The van der Waals surface area contributed by atoms with E-state index >= 15 is 0 Å². The molecule has 94 valence electrons. The second kappa shape index (κ2) is 6.29. The first-order valence-corrected chi connectivity index (χ1v) is 7.17. The summed E-state index contributed by atoms with van der Waals surface area (Å²) >= 11 is 18.3. The number of halogens is 3. The standard InChI is InChI=1S/C13H16Cl3N/c14-10-6-5-9(12(16)7-10)8-17-13-4-2-1-3-11(13)15/h5-7,11,13,17H,1-4,8H2. The van der Waals surface area contributed by atoms with Crippen LogP contribution < -0.4 is 5.32 Å². The van der Waals surface area contributed by atoms with Crippen LogP contribution in [0.5, 0.6) is 0 Å². The maximum atomic E-state index is 6.30. The second-order valence-corrected chi connectivity index (χ2v) is 5.93. The zero-order valence-corrected chi connectivity index (χ0v) is 11.8. The summed E-state index contributed by atoms with van der Waals surface area (Å²) < 4.78 is 0. The molecule has 0 saturated heterocycles. The van der Waals surface area contributed by atoms with E-state index in [0.717, 1.165) is 24.9 Å². The van der Waals surface area contributed by atoms with Gasteiger partial charge < -0.3 is 5.32 Å². The molecule has 2 rings (SSSR count). The van der Waals surface area contributed by atoms with Gasteiger partial charge in [0.2, 0.25) is 0 Å². The molecule has 0 aliphatic heterocycles. The predicted molar refractivity (Wildman–Crippen MR) is 75.2 cm³/mol. The van der Waals surface area contributed by atoms with Crippen LogP contribution in [0.4, 0.5) is 0 Å². The van der Waals surface area contributed by atoms with E-state index in [9.17, 15) is 0 Å². The van der Waals surface area contributed by atoms with E-state index in [-0.39, 0.29) is 5.38 Å². The summed E-state index contributed by atoms with van der Waals surface area (Å²) in [4.78, 5) is 0. The number of hydrogen-bond donors (Lipinski definition) is 1. The van der Waals surface area contributed by atoms with Crippen LogP contribution in [0, 0.1) is 0 Å². The highest BCUT2D eigenvalue weighted by Crippen LogP contribution is 2.25. The lowest BCUT2D eigenvalue weighted by molar-refractivity contribution is 0.378. The van der Waals surface area contributed by atoms with E-state index in [1.165, 1.54) is 12.8 Å². The molecule has 1 saturated carbocycles. The maximum Gasteiger partial charge on any atom is 0.0489 e. The number of hydrogen-bond acceptors (Lipinski definition) is 1. The lowest BCUT2D eigenvalue weighted by atomic mass is 9.95. The van der Waals surface area contributed by atoms with Crippen molar-refractivity contribution < 1.29 is 0 Å². The van der Waals surface area contributed by atoms with E-state index in [0.29, 0.717) is 16.1 Å². The molecule has 1 aromatic rings. The molecule has 4 heteroatoms. The molecule has 1 aliphatic rings. The first kappa shape index (κ1) is 13.5.